The van der Waals surface area contributed by atoms with Gasteiger partial charge in [0.25, 0.3) is 0 Å². The molecule has 0 aliphatic rings. The van der Waals surface area contributed by atoms with Crippen LogP contribution in [0.4, 0.5) is 0 Å². The minimum absolute atomic E-state index is 0.0754. The number of methoxy groups -OCH3 is 1. The molecule has 0 spiro atoms. The molecule has 3 nitrogen and oxygen atoms in total. The number of carboxylic acid groups (broad SMARTS) is 1. The van der Waals surface area contributed by atoms with Crippen LogP contribution in [0.1, 0.15) is 25.0 Å². The van der Waals surface area contributed by atoms with E-state index in [-0.39, 0.29) is 6.42 Å². The minimum atomic E-state index is -0.796. The Kier molecular flexibility index (Phi) is 4.35. The first kappa shape index (κ1) is 12.6. The molecule has 0 unspecified atom stereocenters. The van der Waals surface area contributed by atoms with E-state index in [0.29, 0.717) is 5.92 Å². The van der Waals surface area contributed by atoms with Crippen LogP contribution >= 0.6 is 0 Å². The molecule has 0 radical (unpaired) electrons. The fraction of sp³-hybridized carbons (Fsp3) is 0.462. The molecule has 0 saturated carbocycles. The van der Waals surface area contributed by atoms with E-state index in [4.69, 9.17) is 9.84 Å². The average Bonchev–Trinajstić information content (AvgIpc) is 2.19. The van der Waals surface area contributed by atoms with E-state index in [2.05, 4.69) is 13.8 Å². The molecule has 0 heterocycles. The predicted octanol–water partition coefficient (Wildman–Crippen LogP) is 2.52. The van der Waals surface area contributed by atoms with Crippen LogP contribution < -0.4 is 4.74 Å². The molecular weight excluding hydrogens is 204 g/mol. The number of carbonyl (C=O) groups is 1. The third kappa shape index (κ3) is 3.57. The van der Waals surface area contributed by atoms with Crippen LogP contribution in [0.5, 0.6) is 5.75 Å². The standard InChI is InChI=1S/C13H18O3/c1-9(2)6-11-7-12(16-3)5-4-10(11)8-13(14)15/h4-5,7,9H,6,8H2,1-3H3,(H,14,15). The maximum atomic E-state index is 10.7. The topological polar surface area (TPSA) is 46.5 Å². The van der Waals surface area contributed by atoms with E-state index < -0.39 is 5.97 Å². The van der Waals surface area contributed by atoms with Crippen molar-refractivity contribution in [2.45, 2.75) is 26.7 Å². The summed E-state index contributed by atoms with van der Waals surface area (Å²) < 4.78 is 5.15. The molecule has 0 bridgehead atoms. The second-order valence-corrected chi connectivity index (χ2v) is 4.30. The predicted molar refractivity (Wildman–Crippen MR) is 62.9 cm³/mol. The van der Waals surface area contributed by atoms with Gasteiger partial charge >= 0.3 is 5.97 Å². The first-order valence-electron chi connectivity index (χ1n) is 5.40. The first-order valence-corrected chi connectivity index (χ1v) is 5.40. The summed E-state index contributed by atoms with van der Waals surface area (Å²) in [5.41, 5.74) is 1.94. The normalized spacial score (nSPS) is 10.5. The lowest BCUT2D eigenvalue weighted by molar-refractivity contribution is -0.136. The van der Waals surface area contributed by atoms with Gasteiger partial charge in [-0.3, -0.25) is 4.79 Å². The molecule has 0 saturated heterocycles. The summed E-state index contributed by atoms with van der Waals surface area (Å²) in [5.74, 6) is 0.486. The average molecular weight is 222 g/mol. The molecule has 16 heavy (non-hydrogen) atoms. The quantitative estimate of drug-likeness (QED) is 0.832. The largest absolute Gasteiger partial charge is 0.497 e. The van der Waals surface area contributed by atoms with Crippen LogP contribution in [0, 0.1) is 5.92 Å². The van der Waals surface area contributed by atoms with Gasteiger partial charge in [0.1, 0.15) is 5.75 Å². The highest BCUT2D eigenvalue weighted by molar-refractivity contribution is 5.70. The summed E-state index contributed by atoms with van der Waals surface area (Å²) in [6, 6.07) is 5.57. The van der Waals surface area contributed by atoms with Gasteiger partial charge in [0.15, 0.2) is 0 Å². The van der Waals surface area contributed by atoms with Gasteiger partial charge in [-0.2, -0.15) is 0 Å². The maximum absolute atomic E-state index is 10.7. The molecule has 0 aliphatic carbocycles. The molecule has 0 fully saturated rings. The van der Waals surface area contributed by atoms with Crippen LogP contribution in [0.25, 0.3) is 0 Å². The summed E-state index contributed by atoms with van der Waals surface area (Å²) in [6.07, 6.45) is 0.950. The lowest BCUT2D eigenvalue weighted by Gasteiger charge is -2.12. The molecule has 0 atom stereocenters. The van der Waals surface area contributed by atoms with Crippen molar-refractivity contribution >= 4 is 5.97 Å². The van der Waals surface area contributed by atoms with Crippen molar-refractivity contribution in [3.05, 3.63) is 29.3 Å². The van der Waals surface area contributed by atoms with Gasteiger partial charge in [-0.05, 0) is 35.6 Å². The first-order chi connectivity index (χ1) is 7.52. The van der Waals surface area contributed by atoms with E-state index in [1.54, 1.807) is 7.11 Å². The van der Waals surface area contributed by atoms with E-state index >= 15 is 0 Å². The van der Waals surface area contributed by atoms with Gasteiger partial charge in [0.05, 0.1) is 13.5 Å². The van der Waals surface area contributed by atoms with Crippen molar-refractivity contribution in [3.8, 4) is 5.75 Å². The van der Waals surface area contributed by atoms with Gasteiger partial charge in [-0.1, -0.05) is 19.9 Å². The van der Waals surface area contributed by atoms with Gasteiger partial charge in [-0.15, -0.1) is 0 Å². The third-order valence-corrected chi connectivity index (χ3v) is 2.38. The third-order valence-electron chi connectivity index (χ3n) is 2.38. The SMILES string of the molecule is COc1ccc(CC(=O)O)c(CC(C)C)c1. The maximum Gasteiger partial charge on any atom is 0.307 e. The molecule has 0 aromatic heterocycles. The summed E-state index contributed by atoms with van der Waals surface area (Å²) in [5, 5.41) is 8.82. The molecule has 1 aromatic rings. The van der Waals surface area contributed by atoms with Gasteiger partial charge < -0.3 is 9.84 Å². The highest BCUT2D eigenvalue weighted by Gasteiger charge is 2.09. The van der Waals surface area contributed by atoms with E-state index in [9.17, 15) is 4.79 Å². The Morgan fingerprint density at radius 1 is 1.38 bits per heavy atom. The molecule has 88 valence electrons. The smallest absolute Gasteiger partial charge is 0.307 e. The Labute approximate surface area is 96.1 Å². The van der Waals surface area contributed by atoms with Crippen molar-refractivity contribution < 1.29 is 14.6 Å². The molecule has 0 amide bonds. The minimum Gasteiger partial charge on any atom is -0.497 e. The van der Waals surface area contributed by atoms with Gasteiger partial charge in [0.2, 0.25) is 0 Å². The molecular formula is C13H18O3. The number of benzene rings is 1. The summed E-state index contributed by atoms with van der Waals surface area (Å²) in [7, 11) is 1.62. The Morgan fingerprint density at radius 3 is 2.56 bits per heavy atom. The zero-order valence-corrected chi connectivity index (χ0v) is 9.99. The fourth-order valence-corrected chi connectivity index (χ4v) is 1.69. The second-order valence-electron chi connectivity index (χ2n) is 4.30. The highest BCUT2D eigenvalue weighted by atomic mass is 16.5. The highest BCUT2D eigenvalue weighted by Crippen LogP contribution is 2.21. The van der Waals surface area contributed by atoms with E-state index in [1.165, 1.54) is 0 Å². The summed E-state index contributed by atoms with van der Waals surface area (Å²) in [4.78, 5) is 10.7. The van der Waals surface area contributed by atoms with Crippen molar-refractivity contribution in [2.24, 2.45) is 5.92 Å². The Bertz CT molecular complexity index is 369. The van der Waals surface area contributed by atoms with Crippen LogP contribution in [0.15, 0.2) is 18.2 Å². The number of hydrogen-bond acceptors (Lipinski definition) is 2. The summed E-state index contributed by atoms with van der Waals surface area (Å²) >= 11 is 0. The summed E-state index contributed by atoms with van der Waals surface area (Å²) in [6.45, 7) is 4.23. The van der Waals surface area contributed by atoms with Crippen LogP contribution in [0.3, 0.4) is 0 Å². The molecule has 1 rings (SSSR count). The van der Waals surface area contributed by atoms with Crippen LogP contribution in [0.2, 0.25) is 0 Å². The number of aliphatic carboxylic acids is 1. The van der Waals surface area contributed by atoms with Crippen LogP contribution in [-0.2, 0) is 17.6 Å². The van der Waals surface area contributed by atoms with Crippen molar-refractivity contribution in [2.75, 3.05) is 7.11 Å². The molecule has 1 aromatic carbocycles. The lowest BCUT2D eigenvalue weighted by Crippen LogP contribution is -2.06. The van der Waals surface area contributed by atoms with Crippen molar-refractivity contribution in [3.63, 3.8) is 0 Å². The zero-order chi connectivity index (χ0) is 12.1. The second kappa shape index (κ2) is 5.54. The lowest BCUT2D eigenvalue weighted by atomic mass is 9.96. The van der Waals surface area contributed by atoms with E-state index in [1.807, 2.05) is 18.2 Å². The van der Waals surface area contributed by atoms with Crippen molar-refractivity contribution in [1.82, 2.24) is 0 Å². The Hall–Kier alpha value is -1.51. The monoisotopic (exact) mass is 222 g/mol. The van der Waals surface area contributed by atoms with Gasteiger partial charge in [-0.25, -0.2) is 0 Å². The Morgan fingerprint density at radius 2 is 2.06 bits per heavy atom. The number of ether oxygens (including phenoxy) is 1. The zero-order valence-electron chi connectivity index (χ0n) is 9.99. The number of rotatable bonds is 5. The molecule has 0 aliphatic heterocycles. The van der Waals surface area contributed by atoms with Gasteiger partial charge in [0, 0.05) is 0 Å². The van der Waals surface area contributed by atoms with Crippen LogP contribution in [-0.4, -0.2) is 18.2 Å². The number of carboxylic acids is 1. The molecule has 1 N–H and O–H groups in total. The fourth-order valence-electron chi connectivity index (χ4n) is 1.69. The van der Waals surface area contributed by atoms with Crippen molar-refractivity contribution in [1.29, 1.82) is 0 Å². The Balaban J connectivity index is 3.00. The van der Waals surface area contributed by atoms with E-state index in [0.717, 1.165) is 23.3 Å². The molecule has 3 heteroatoms. The number of hydrogen-bond donors (Lipinski definition) is 1.